The Morgan fingerprint density at radius 3 is 2.64 bits per heavy atom. The van der Waals surface area contributed by atoms with Gasteiger partial charge in [0.25, 0.3) is 0 Å². The van der Waals surface area contributed by atoms with Crippen LogP contribution in [0, 0.1) is 32.1 Å². The Kier molecular flexibility index (Phi) is 6.37. The maximum absolute atomic E-state index is 12.7. The Morgan fingerprint density at radius 1 is 1.24 bits per heavy atom. The van der Waals surface area contributed by atoms with Crippen molar-refractivity contribution in [2.75, 3.05) is 22.9 Å². The number of aromatic nitrogens is 2. The molecule has 0 bridgehead atoms. The number of amides is 1. The molecule has 0 saturated heterocycles. The van der Waals surface area contributed by atoms with Crippen molar-refractivity contribution >= 4 is 29.2 Å². The monoisotopic (exact) mass is 355 g/mol. The second-order valence-electron chi connectivity index (χ2n) is 5.73. The molecule has 1 aromatic heterocycles. The lowest BCUT2D eigenvalue weighted by atomic mass is 10.1. The van der Waals surface area contributed by atoms with Gasteiger partial charge < -0.3 is 10.6 Å². The smallest absolute Gasteiger partial charge is 0.237 e. The van der Waals surface area contributed by atoms with Crippen molar-refractivity contribution in [3.05, 3.63) is 41.1 Å². The van der Waals surface area contributed by atoms with E-state index in [1.54, 1.807) is 11.0 Å². The number of nitrogens with two attached hydrogens (primary N) is 1. The van der Waals surface area contributed by atoms with Crippen LogP contribution in [-0.2, 0) is 4.79 Å². The van der Waals surface area contributed by atoms with E-state index in [9.17, 15) is 4.79 Å². The van der Waals surface area contributed by atoms with Crippen molar-refractivity contribution in [2.45, 2.75) is 32.3 Å². The number of benzene rings is 1. The van der Waals surface area contributed by atoms with Gasteiger partial charge in [-0.15, -0.1) is 0 Å². The van der Waals surface area contributed by atoms with E-state index < -0.39 is 0 Å². The molecule has 0 fully saturated rings. The minimum atomic E-state index is -0.0906. The zero-order valence-electron chi connectivity index (χ0n) is 14.6. The van der Waals surface area contributed by atoms with Crippen molar-refractivity contribution in [3.63, 3.8) is 0 Å². The van der Waals surface area contributed by atoms with Crippen LogP contribution in [0.2, 0.25) is 0 Å². The molecule has 0 aliphatic heterocycles. The van der Waals surface area contributed by atoms with Gasteiger partial charge in [0, 0.05) is 24.0 Å². The summed E-state index contributed by atoms with van der Waals surface area (Å²) < 4.78 is 0. The highest BCUT2D eigenvalue weighted by Gasteiger charge is 2.17. The fourth-order valence-corrected chi connectivity index (χ4v) is 3.07. The van der Waals surface area contributed by atoms with Crippen LogP contribution in [0.1, 0.15) is 23.2 Å². The number of carbonyl (C=O) groups is 1. The van der Waals surface area contributed by atoms with E-state index in [4.69, 9.17) is 11.0 Å². The number of hydrogen-bond acceptors (Lipinski definition) is 6. The fraction of sp³-hybridized carbons (Fsp3) is 0.333. The summed E-state index contributed by atoms with van der Waals surface area (Å²) in [7, 11) is 0. The lowest BCUT2D eigenvalue weighted by molar-refractivity contribution is -0.116. The molecule has 0 spiro atoms. The number of carbonyl (C=O) groups excluding carboxylic acids is 1. The largest absolute Gasteiger partial charge is 0.384 e. The maximum atomic E-state index is 12.7. The summed E-state index contributed by atoms with van der Waals surface area (Å²) in [5, 5.41) is 9.36. The van der Waals surface area contributed by atoms with Gasteiger partial charge in [-0.2, -0.15) is 5.26 Å². The molecule has 0 unspecified atom stereocenters. The van der Waals surface area contributed by atoms with Crippen LogP contribution < -0.4 is 10.6 Å². The van der Waals surface area contributed by atoms with Crippen LogP contribution >= 0.6 is 11.8 Å². The van der Waals surface area contributed by atoms with Crippen molar-refractivity contribution in [1.29, 1.82) is 5.26 Å². The number of aryl methyl sites for hydroxylation is 3. The Hall–Kier alpha value is -2.59. The van der Waals surface area contributed by atoms with Crippen LogP contribution in [0.3, 0.4) is 0 Å². The molecular weight excluding hydrogens is 334 g/mol. The van der Waals surface area contributed by atoms with Crippen molar-refractivity contribution in [2.24, 2.45) is 0 Å². The third-order valence-electron chi connectivity index (χ3n) is 3.73. The van der Waals surface area contributed by atoms with Gasteiger partial charge in [0.1, 0.15) is 5.82 Å². The van der Waals surface area contributed by atoms with Gasteiger partial charge in [-0.05, 0) is 44.0 Å². The minimum Gasteiger partial charge on any atom is -0.384 e. The predicted molar refractivity (Wildman–Crippen MR) is 100 cm³/mol. The summed E-state index contributed by atoms with van der Waals surface area (Å²) >= 11 is 1.24. The molecule has 2 aromatic rings. The molecule has 2 rings (SSSR count). The SMILES string of the molecule is Cc1cc(N)nc(SCC(=O)N(CCC#N)c2ccc(C)c(C)c2)n1. The van der Waals surface area contributed by atoms with E-state index in [1.165, 1.54) is 11.8 Å². The highest BCUT2D eigenvalue weighted by molar-refractivity contribution is 7.99. The third-order valence-corrected chi connectivity index (χ3v) is 4.56. The van der Waals surface area contributed by atoms with Gasteiger partial charge in [0.2, 0.25) is 5.91 Å². The second-order valence-corrected chi connectivity index (χ2v) is 6.67. The van der Waals surface area contributed by atoms with Crippen LogP contribution in [0.25, 0.3) is 0 Å². The number of rotatable bonds is 6. The molecule has 0 atom stereocenters. The van der Waals surface area contributed by atoms with Crippen molar-refractivity contribution < 1.29 is 4.79 Å². The second kappa shape index (κ2) is 8.49. The lowest BCUT2D eigenvalue weighted by Crippen LogP contribution is -2.33. The normalized spacial score (nSPS) is 10.3. The van der Waals surface area contributed by atoms with Crippen LogP contribution in [0.5, 0.6) is 0 Å². The molecule has 0 radical (unpaired) electrons. The maximum Gasteiger partial charge on any atom is 0.237 e. The van der Waals surface area contributed by atoms with E-state index in [-0.39, 0.29) is 18.1 Å². The van der Waals surface area contributed by atoms with Gasteiger partial charge in [0.05, 0.1) is 18.2 Å². The number of anilines is 2. The number of nitrogens with zero attached hydrogens (tertiary/aromatic N) is 4. The standard InChI is InChI=1S/C18H21N5OS/c1-12-5-6-15(9-13(12)2)23(8-4-7-19)17(24)11-25-18-21-14(3)10-16(20)22-18/h5-6,9-10H,4,8,11H2,1-3H3,(H2,20,21,22). The minimum absolute atomic E-state index is 0.0906. The highest BCUT2D eigenvalue weighted by atomic mass is 32.2. The van der Waals surface area contributed by atoms with Crippen LogP contribution in [-0.4, -0.2) is 28.2 Å². The number of nitrogen functional groups attached to an aromatic ring is 1. The average molecular weight is 355 g/mol. The van der Waals surface area contributed by atoms with Crippen LogP contribution in [0.4, 0.5) is 11.5 Å². The first-order valence-corrected chi connectivity index (χ1v) is 8.88. The van der Waals surface area contributed by atoms with Crippen molar-refractivity contribution in [1.82, 2.24) is 9.97 Å². The summed E-state index contributed by atoms with van der Waals surface area (Å²) in [5.41, 5.74) is 9.55. The topological polar surface area (TPSA) is 95.9 Å². The first-order valence-electron chi connectivity index (χ1n) is 7.89. The molecule has 6 nitrogen and oxygen atoms in total. The Morgan fingerprint density at radius 2 is 2.00 bits per heavy atom. The molecule has 25 heavy (non-hydrogen) atoms. The van der Waals surface area contributed by atoms with E-state index in [2.05, 4.69) is 16.0 Å². The van der Waals surface area contributed by atoms with E-state index >= 15 is 0 Å². The molecule has 7 heteroatoms. The molecule has 0 aliphatic carbocycles. The zero-order valence-corrected chi connectivity index (χ0v) is 15.4. The summed E-state index contributed by atoms with van der Waals surface area (Å²) in [4.78, 5) is 22.7. The molecule has 1 heterocycles. The van der Waals surface area contributed by atoms with Gasteiger partial charge >= 0.3 is 0 Å². The molecule has 1 aromatic carbocycles. The molecule has 0 saturated carbocycles. The molecule has 0 aliphatic rings. The van der Waals surface area contributed by atoms with E-state index in [1.807, 2.05) is 39.0 Å². The molecule has 1 amide bonds. The van der Waals surface area contributed by atoms with E-state index in [0.717, 1.165) is 22.5 Å². The number of thioether (sulfide) groups is 1. The quantitative estimate of drug-likeness (QED) is 0.632. The van der Waals surface area contributed by atoms with Crippen LogP contribution in [0.15, 0.2) is 29.4 Å². The zero-order chi connectivity index (χ0) is 18.4. The van der Waals surface area contributed by atoms with E-state index in [0.29, 0.717) is 17.5 Å². The number of nitriles is 1. The first kappa shape index (κ1) is 18.7. The summed E-state index contributed by atoms with van der Waals surface area (Å²) in [6, 6.07) is 9.63. The number of hydrogen-bond donors (Lipinski definition) is 1. The predicted octanol–water partition coefficient (Wildman–Crippen LogP) is 3.02. The fourth-order valence-electron chi connectivity index (χ4n) is 2.29. The Labute approximate surface area is 152 Å². The third kappa shape index (κ3) is 5.19. The average Bonchev–Trinajstić information content (AvgIpc) is 2.55. The van der Waals surface area contributed by atoms with Gasteiger partial charge in [-0.1, -0.05) is 17.8 Å². The summed E-state index contributed by atoms with van der Waals surface area (Å²) in [6.45, 7) is 6.22. The first-order chi connectivity index (χ1) is 11.9. The van der Waals surface area contributed by atoms with Gasteiger partial charge in [-0.25, -0.2) is 9.97 Å². The molecular formula is C18H21N5OS. The lowest BCUT2D eigenvalue weighted by Gasteiger charge is -2.22. The Bertz CT molecular complexity index is 795. The molecule has 130 valence electrons. The van der Waals surface area contributed by atoms with Gasteiger partial charge in [-0.3, -0.25) is 4.79 Å². The summed E-state index contributed by atoms with van der Waals surface area (Å²) in [5.74, 6) is 0.478. The summed E-state index contributed by atoms with van der Waals surface area (Å²) in [6.07, 6.45) is 0.275. The Balaban J connectivity index is 2.15. The van der Waals surface area contributed by atoms with Gasteiger partial charge in [0.15, 0.2) is 5.16 Å². The molecule has 2 N–H and O–H groups in total. The van der Waals surface area contributed by atoms with Crippen molar-refractivity contribution in [3.8, 4) is 6.07 Å². The highest BCUT2D eigenvalue weighted by Crippen LogP contribution is 2.22.